The van der Waals surface area contributed by atoms with E-state index in [0.29, 0.717) is 5.56 Å². The number of hydrogen-bond acceptors (Lipinski definition) is 5. The molecule has 0 atom stereocenters. The number of pyridine rings is 1. The first-order chi connectivity index (χ1) is 19.6. The fourth-order valence-electron chi connectivity index (χ4n) is 3.94. The predicted molar refractivity (Wildman–Crippen MR) is 151 cm³/mol. The van der Waals surface area contributed by atoms with Gasteiger partial charge in [0.2, 0.25) is 5.88 Å². The number of rotatable bonds is 9. The van der Waals surface area contributed by atoms with Gasteiger partial charge >= 0.3 is 18.2 Å². The summed E-state index contributed by atoms with van der Waals surface area (Å²) in [5.74, 6) is -2.86. The lowest BCUT2D eigenvalue weighted by Crippen LogP contribution is -2.40. The Bertz CT molecular complexity index is 1460. The summed E-state index contributed by atoms with van der Waals surface area (Å²) in [5.41, 5.74) is -0.119. The van der Waals surface area contributed by atoms with Gasteiger partial charge in [-0.1, -0.05) is 17.7 Å². The van der Waals surface area contributed by atoms with Crippen LogP contribution in [0.3, 0.4) is 0 Å². The molecule has 3 amide bonds. The first kappa shape index (κ1) is 31.9. The molecule has 0 aliphatic carbocycles. The van der Waals surface area contributed by atoms with Crippen LogP contribution in [0.4, 0.5) is 23.7 Å². The van der Waals surface area contributed by atoms with E-state index in [1.807, 2.05) is 6.92 Å². The quantitative estimate of drug-likeness (QED) is 0.296. The third kappa shape index (κ3) is 7.56. The minimum Gasteiger partial charge on any atom is -0.478 e. The lowest BCUT2D eigenvalue weighted by molar-refractivity contribution is -0.138. The van der Waals surface area contributed by atoms with Gasteiger partial charge in [0.1, 0.15) is 11.3 Å². The number of carboxylic acids is 1. The number of nitrogens with zero attached hydrogens (tertiary/aromatic N) is 3. The smallest absolute Gasteiger partial charge is 0.421 e. The summed E-state index contributed by atoms with van der Waals surface area (Å²) >= 11 is 0. The number of aromatic nitrogens is 1. The maximum Gasteiger partial charge on any atom is 0.421 e. The molecule has 42 heavy (non-hydrogen) atoms. The fraction of sp³-hybridized carbons (Fsp3) is 0.333. The van der Waals surface area contributed by atoms with E-state index < -0.39 is 41.6 Å². The van der Waals surface area contributed by atoms with Crippen LogP contribution in [-0.2, 0) is 12.7 Å². The highest BCUT2D eigenvalue weighted by molar-refractivity contribution is 6.09. The second-order valence-corrected chi connectivity index (χ2v) is 10.3. The Labute approximate surface area is 241 Å². The molecular weight excluding hydrogens is 553 g/mol. The largest absolute Gasteiger partial charge is 0.478 e. The third-order valence-corrected chi connectivity index (χ3v) is 6.46. The number of aryl methyl sites for hydroxylation is 1. The van der Waals surface area contributed by atoms with Crippen LogP contribution < -0.4 is 15.0 Å². The number of carbonyl (C=O) groups is 3. The number of alkyl halides is 3. The number of urea groups is 1. The van der Waals surface area contributed by atoms with Crippen molar-refractivity contribution in [3.8, 4) is 11.6 Å². The van der Waals surface area contributed by atoms with Gasteiger partial charge < -0.3 is 25.0 Å². The Hall–Kier alpha value is -4.61. The van der Waals surface area contributed by atoms with E-state index >= 15 is 0 Å². The minimum absolute atomic E-state index is 0.0527. The molecule has 0 saturated heterocycles. The fourth-order valence-corrected chi connectivity index (χ4v) is 3.94. The van der Waals surface area contributed by atoms with Crippen LogP contribution in [0.2, 0.25) is 0 Å². The van der Waals surface area contributed by atoms with Crippen molar-refractivity contribution in [1.82, 2.24) is 15.2 Å². The van der Waals surface area contributed by atoms with Crippen LogP contribution in [-0.4, -0.2) is 52.0 Å². The van der Waals surface area contributed by atoms with Crippen LogP contribution in [0, 0.1) is 6.92 Å². The summed E-state index contributed by atoms with van der Waals surface area (Å²) < 4.78 is 47.3. The molecule has 9 nitrogen and oxygen atoms in total. The molecule has 3 aromatic rings. The molecule has 0 radical (unpaired) electrons. The second-order valence-electron chi connectivity index (χ2n) is 10.3. The van der Waals surface area contributed by atoms with Crippen molar-refractivity contribution in [2.24, 2.45) is 0 Å². The van der Waals surface area contributed by atoms with Crippen molar-refractivity contribution in [2.45, 2.75) is 59.4 Å². The monoisotopic (exact) mass is 586 g/mol. The number of aromatic carboxylic acids is 1. The highest BCUT2D eigenvalue weighted by Gasteiger charge is 2.36. The van der Waals surface area contributed by atoms with Crippen molar-refractivity contribution in [2.75, 3.05) is 11.9 Å². The van der Waals surface area contributed by atoms with Crippen LogP contribution >= 0.6 is 0 Å². The molecule has 0 unspecified atom stereocenters. The molecule has 1 aromatic heterocycles. The van der Waals surface area contributed by atoms with Gasteiger partial charge in [-0.2, -0.15) is 13.2 Å². The van der Waals surface area contributed by atoms with Gasteiger partial charge in [0, 0.05) is 37.4 Å². The van der Waals surface area contributed by atoms with E-state index in [-0.39, 0.29) is 35.2 Å². The zero-order valence-corrected chi connectivity index (χ0v) is 24.1. The molecular formula is C30H33F3N4O5. The van der Waals surface area contributed by atoms with Gasteiger partial charge in [0.25, 0.3) is 5.91 Å². The number of carboxylic acid groups (broad SMARTS) is 1. The molecule has 2 aromatic carbocycles. The summed E-state index contributed by atoms with van der Waals surface area (Å²) in [7, 11) is 1.56. The summed E-state index contributed by atoms with van der Waals surface area (Å²) in [6.07, 6.45) is -3.73. The van der Waals surface area contributed by atoms with Gasteiger partial charge in [-0.3, -0.25) is 4.79 Å². The Morgan fingerprint density at radius 1 is 1.00 bits per heavy atom. The summed E-state index contributed by atoms with van der Waals surface area (Å²) in [6, 6.07) is 10.2. The van der Waals surface area contributed by atoms with Crippen LogP contribution in [0.1, 0.15) is 65.1 Å². The molecule has 12 heteroatoms. The predicted octanol–water partition coefficient (Wildman–Crippen LogP) is 6.50. The average Bonchev–Trinajstić information content (AvgIpc) is 2.92. The zero-order valence-electron chi connectivity index (χ0n) is 24.1. The number of halogens is 3. The first-order valence-electron chi connectivity index (χ1n) is 13.1. The van der Waals surface area contributed by atoms with Crippen LogP contribution in [0.25, 0.3) is 0 Å². The maximum absolute atomic E-state index is 14.0. The van der Waals surface area contributed by atoms with Crippen LogP contribution in [0.15, 0.2) is 54.7 Å². The molecule has 3 rings (SSSR count). The maximum atomic E-state index is 14.0. The van der Waals surface area contributed by atoms with Crippen molar-refractivity contribution in [3.63, 3.8) is 0 Å². The summed E-state index contributed by atoms with van der Waals surface area (Å²) in [6.45, 7) is 8.68. The Morgan fingerprint density at radius 3 is 2.19 bits per heavy atom. The Kier molecular flexibility index (Phi) is 9.82. The Morgan fingerprint density at radius 2 is 1.64 bits per heavy atom. The molecule has 0 bridgehead atoms. The lowest BCUT2D eigenvalue weighted by Gasteiger charge is -2.28. The number of hydrogen-bond donors (Lipinski definition) is 2. The van der Waals surface area contributed by atoms with Crippen LogP contribution in [0.5, 0.6) is 11.6 Å². The number of amides is 3. The van der Waals surface area contributed by atoms with E-state index in [2.05, 4.69) is 10.3 Å². The first-order valence-corrected chi connectivity index (χ1v) is 13.1. The molecule has 0 saturated carbocycles. The normalized spacial score (nSPS) is 11.4. The SMILES string of the molecule is Cc1ccc(C(=O)N(c2ccc(Oc3ncc(CNC(=O)N(C)C(C)C)cc3C(F)(F)F)cc2C(=O)O)C(C)C)cc1. The summed E-state index contributed by atoms with van der Waals surface area (Å²) in [5, 5.41) is 12.5. The highest BCUT2D eigenvalue weighted by atomic mass is 19.4. The number of anilines is 1. The lowest BCUT2D eigenvalue weighted by atomic mass is 10.1. The van der Waals surface area contributed by atoms with Crippen molar-refractivity contribution < 1.29 is 37.4 Å². The minimum atomic E-state index is -4.86. The number of nitrogens with one attached hydrogen (secondary N) is 1. The topological polar surface area (TPSA) is 112 Å². The molecule has 1 heterocycles. The molecule has 224 valence electrons. The third-order valence-electron chi connectivity index (χ3n) is 6.46. The number of ether oxygens (including phenoxy) is 1. The average molecular weight is 587 g/mol. The van der Waals surface area contributed by atoms with Gasteiger partial charge in [-0.25, -0.2) is 14.6 Å². The van der Waals surface area contributed by atoms with Gasteiger partial charge in [-0.05, 0) is 76.6 Å². The Balaban J connectivity index is 1.94. The molecule has 2 N–H and O–H groups in total. The van der Waals surface area contributed by atoms with Crippen molar-refractivity contribution >= 4 is 23.6 Å². The van der Waals surface area contributed by atoms with Gasteiger partial charge in [0.15, 0.2) is 0 Å². The standard InChI is InChI=1S/C30H33F3N4O5/c1-17(2)36(6)29(41)35-16-20-13-24(30(31,32)33)26(34-15-20)42-22-11-12-25(23(14-22)28(39)40)37(18(3)4)27(38)21-9-7-19(5)8-10-21/h7-15,17-18H,16H2,1-6H3,(H,35,41)(H,39,40). The van der Waals surface area contributed by atoms with Crippen molar-refractivity contribution in [3.05, 3.63) is 82.5 Å². The second kappa shape index (κ2) is 12.9. The van der Waals surface area contributed by atoms with E-state index in [0.717, 1.165) is 23.9 Å². The van der Waals surface area contributed by atoms with Crippen molar-refractivity contribution in [1.29, 1.82) is 0 Å². The van der Waals surface area contributed by atoms with E-state index in [1.54, 1.807) is 59.0 Å². The number of carbonyl (C=O) groups excluding carboxylic acids is 2. The van der Waals surface area contributed by atoms with E-state index in [9.17, 15) is 32.7 Å². The molecule has 0 fully saturated rings. The molecule has 0 aliphatic rings. The zero-order chi connectivity index (χ0) is 31.4. The number of benzene rings is 2. The van der Waals surface area contributed by atoms with Gasteiger partial charge in [0.05, 0.1) is 11.3 Å². The van der Waals surface area contributed by atoms with Gasteiger partial charge in [-0.15, -0.1) is 0 Å². The molecule has 0 spiro atoms. The van der Waals surface area contributed by atoms with E-state index in [4.69, 9.17) is 4.74 Å². The summed E-state index contributed by atoms with van der Waals surface area (Å²) in [4.78, 5) is 44.2. The highest BCUT2D eigenvalue weighted by Crippen LogP contribution is 2.38. The molecule has 0 aliphatic heterocycles. The van der Waals surface area contributed by atoms with E-state index in [1.165, 1.54) is 21.9 Å².